The monoisotopic (exact) mass is 335 g/mol. The van der Waals surface area contributed by atoms with Crippen molar-refractivity contribution >= 4 is 28.6 Å². The van der Waals surface area contributed by atoms with Crippen molar-refractivity contribution in [3.63, 3.8) is 0 Å². The molecule has 0 radical (unpaired) electrons. The first kappa shape index (κ1) is 15.7. The molecule has 0 aromatic carbocycles. The molecule has 2 N–H and O–H groups in total. The van der Waals surface area contributed by atoms with Crippen LogP contribution in [0.4, 0.5) is 0 Å². The minimum Gasteiger partial charge on any atom is -0.389 e. The molecule has 2 heterocycles. The van der Waals surface area contributed by atoms with Crippen LogP contribution in [0, 0.1) is 0 Å². The van der Waals surface area contributed by atoms with Gasteiger partial charge in [0.25, 0.3) is 0 Å². The van der Waals surface area contributed by atoms with Gasteiger partial charge in [-0.05, 0) is 35.7 Å². The van der Waals surface area contributed by atoms with Gasteiger partial charge in [-0.15, -0.1) is 22.7 Å². The Bertz CT molecular complexity index is 552. The Kier molecular flexibility index (Phi) is 4.96. The third-order valence-electron chi connectivity index (χ3n) is 4.23. The van der Waals surface area contributed by atoms with Gasteiger partial charge in [0.1, 0.15) is 0 Å². The molecule has 1 saturated carbocycles. The lowest BCUT2D eigenvalue weighted by Gasteiger charge is -2.32. The summed E-state index contributed by atoms with van der Waals surface area (Å²) >= 11 is 3.29. The quantitative estimate of drug-likeness (QED) is 0.864. The predicted octanol–water partition coefficient (Wildman–Crippen LogP) is 4.10. The fourth-order valence-corrected chi connectivity index (χ4v) is 4.75. The molecule has 118 valence electrons. The van der Waals surface area contributed by atoms with Crippen molar-refractivity contribution in [3.05, 3.63) is 44.8 Å². The zero-order valence-electron chi connectivity index (χ0n) is 12.5. The first-order chi connectivity index (χ1) is 10.7. The highest BCUT2D eigenvalue weighted by atomic mass is 32.1. The van der Waals surface area contributed by atoms with Crippen LogP contribution in [-0.4, -0.2) is 16.6 Å². The SMILES string of the molecule is O=C(CC1(O)CCCCC1)NC(c1cccs1)c1cccs1. The summed E-state index contributed by atoms with van der Waals surface area (Å²) in [5.74, 6) is -0.0591. The summed E-state index contributed by atoms with van der Waals surface area (Å²) in [4.78, 5) is 14.7. The predicted molar refractivity (Wildman–Crippen MR) is 91.3 cm³/mol. The third-order valence-corrected chi connectivity index (χ3v) is 6.11. The zero-order valence-corrected chi connectivity index (χ0v) is 14.1. The van der Waals surface area contributed by atoms with Crippen molar-refractivity contribution in [2.75, 3.05) is 0 Å². The second kappa shape index (κ2) is 6.94. The molecule has 22 heavy (non-hydrogen) atoms. The molecule has 1 aliphatic carbocycles. The van der Waals surface area contributed by atoms with E-state index in [1.54, 1.807) is 22.7 Å². The van der Waals surface area contributed by atoms with E-state index in [1.165, 1.54) is 0 Å². The first-order valence-electron chi connectivity index (χ1n) is 7.75. The highest BCUT2D eigenvalue weighted by Gasteiger charge is 2.32. The molecule has 3 rings (SSSR count). The number of thiophene rings is 2. The van der Waals surface area contributed by atoms with E-state index in [0.717, 1.165) is 41.9 Å². The lowest BCUT2D eigenvalue weighted by Crippen LogP contribution is -2.39. The Morgan fingerprint density at radius 1 is 1.14 bits per heavy atom. The summed E-state index contributed by atoms with van der Waals surface area (Å²) in [5.41, 5.74) is -0.808. The Balaban J connectivity index is 1.69. The van der Waals surface area contributed by atoms with Crippen LogP contribution in [-0.2, 0) is 4.79 Å². The van der Waals surface area contributed by atoms with Gasteiger partial charge in [0.2, 0.25) is 5.91 Å². The van der Waals surface area contributed by atoms with Gasteiger partial charge < -0.3 is 10.4 Å². The summed E-state index contributed by atoms with van der Waals surface area (Å²) in [6.45, 7) is 0. The number of hydrogen-bond acceptors (Lipinski definition) is 4. The number of hydrogen-bond donors (Lipinski definition) is 2. The van der Waals surface area contributed by atoms with Crippen LogP contribution in [0.1, 0.15) is 54.3 Å². The van der Waals surface area contributed by atoms with E-state index < -0.39 is 5.60 Å². The Morgan fingerprint density at radius 3 is 2.23 bits per heavy atom. The largest absolute Gasteiger partial charge is 0.389 e. The maximum atomic E-state index is 12.5. The molecule has 2 aromatic rings. The van der Waals surface area contributed by atoms with Gasteiger partial charge in [0.05, 0.1) is 18.1 Å². The molecule has 0 saturated heterocycles. The molecule has 5 heteroatoms. The lowest BCUT2D eigenvalue weighted by molar-refractivity contribution is -0.127. The maximum Gasteiger partial charge on any atom is 0.223 e. The Morgan fingerprint density at radius 2 is 1.73 bits per heavy atom. The van der Waals surface area contributed by atoms with Crippen LogP contribution < -0.4 is 5.32 Å². The molecule has 1 fully saturated rings. The summed E-state index contributed by atoms with van der Waals surface area (Å²) in [7, 11) is 0. The molecule has 0 aliphatic heterocycles. The average Bonchev–Trinajstić information content (AvgIpc) is 3.19. The topological polar surface area (TPSA) is 49.3 Å². The molecule has 0 bridgehead atoms. The van der Waals surface area contributed by atoms with Gasteiger partial charge in [-0.1, -0.05) is 31.4 Å². The normalized spacial score (nSPS) is 17.5. The standard InChI is InChI=1S/C17H21NO2S2/c19-15(12-17(20)8-2-1-3-9-17)18-16(13-6-4-10-21-13)14-7-5-11-22-14/h4-7,10-11,16,20H,1-3,8-9,12H2,(H,18,19). The number of carbonyl (C=O) groups excluding carboxylic acids is 1. The van der Waals surface area contributed by atoms with E-state index in [4.69, 9.17) is 0 Å². The molecule has 0 unspecified atom stereocenters. The van der Waals surface area contributed by atoms with Crippen molar-refractivity contribution in [1.29, 1.82) is 0 Å². The van der Waals surface area contributed by atoms with Gasteiger partial charge in [-0.3, -0.25) is 4.79 Å². The van der Waals surface area contributed by atoms with E-state index in [9.17, 15) is 9.90 Å². The van der Waals surface area contributed by atoms with Crippen LogP contribution in [0.15, 0.2) is 35.0 Å². The molecule has 2 aromatic heterocycles. The van der Waals surface area contributed by atoms with Crippen LogP contribution in [0.2, 0.25) is 0 Å². The van der Waals surface area contributed by atoms with Gasteiger partial charge in [0.15, 0.2) is 0 Å². The summed E-state index contributed by atoms with van der Waals surface area (Å²) in [6.07, 6.45) is 4.88. The highest BCUT2D eigenvalue weighted by molar-refractivity contribution is 7.11. The maximum absolute atomic E-state index is 12.5. The number of carbonyl (C=O) groups is 1. The fourth-order valence-electron chi connectivity index (χ4n) is 3.09. The van der Waals surface area contributed by atoms with Crippen LogP contribution >= 0.6 is 22.7 Å². The molecule has 1 aliphatic rings. The van der Waals surface area contributed by atoms with Crippen molar-refractivity contribution in [1.82, 2.24) is 5.32 Å². The number of aliphatic hydroxyl groups is 1. The van der Waals surface area contributed by atoms with Crippen molar-refractivity contribution in [2.24, 2.45) is 0 Å². The molecular weight excluding hydrogens is 314 g/mol. The van der Waals surface area contributed by atoms with Crippen LogP contribution in [0.3, 0.4) is 0 Å². The molecule has 0 atom stereocenters. The molecule has 1 amide bonds. The Labute approximate surface area is 139 Å². The minimum absolute atomic E-state index is 0.0591. The van der Waals surface area contributed by atoms with E-state index in [1.807, 2.05) is 35.0 Å². The second-order valence-corrected chi connectivity index (χ2v) is 7.95. The summed E-state index contributed by atoms with van der Waals surface area (Å²) in [5, 5.41) is 17.7. The van der Waals surface area contributed by atoms with E-state index in [2.05, 4.69) is 5.32 Å². The number of rotatable bonds is 5. The average molecular weight is 335 g/mol. The summed E-state index contributed by atoms with van der Waals surface area (Å²) in [6, 6.07) is 8.00. The van der Waals surface area contributed by atoms with Crippen molar-refractivity contribution in [3.8, 4) is 0 Å². The highest BCUT2D eigenvalue weighted by Crippen LogP contribution is 2.32. The van der Waals surface area contributed by atoms with Gasteiger partial charge in [-0.25, -0.2) is 0 Å². The number of amides is 1. The second-order valence-electron chi connectivity index (χ2n) is 5.99. The van der Waals surface area contributed by atoms with E-state index in [0.29, 0.717) is 0 Å². The molecule has 3 nitrogen and oxygen atoms in total. The lowest BCUT2D eigenvalue weighted by atomic mass is 9.82. The molecular formula is C17H21NO2S2. The third kappa shape index (κ3) is 3.77. The van der Waals surface area contributed by atoms with Crippen molar-refractivity contribution in [2.45, 2.75) is 50.2 Å². The van der Waals surface area contributed by atoms with E-state index in [-0.39, 0.29) is 18.4 Å². The van der Waals surface area contributed by atoms with Crippen LogP contribution in [0.5, 0.6) is 0 Å². The Hall–Kier alpha value is -1.17. The minimum atomic E-state index is -0.808. The van der Waals surface area contributed by atoms with Gasteiger partial charge in [-0.2, -0.15) is 0 Å². The van der Waals surface area contributed by atoms with E-state index >= 15 is 0 Å². The molecule has 0 spiro atoms. The number of nitrogens with one attached hydrogen (secondary N) is 1. The van der Waals surface area contributed by atoms with Gasteiger partial charge in [0, 0.05) is 9.75 Å². The fraction of sp³-hybridized carbons (Fsp3) is 0.471. The van der Waals surface area contributed by atoms with Crippen LogP contribution in [0.25, 0.3) is 0 Å². The smallest absolute Gasteiger partial charge is 0.223 e. The van der Waals surface area contributed by atoms with Crippen molar-refractivity contribution < 1.29 is 9.90 Å². The summed E-state index contributed by atoms with van der Waals surface area (Å²) < 4.78 is 0. The van der Waals surface area contributed by atoms with Gasteiger partial charge >= 0.3 is 0 Å². The first-order valence-corrected chi connectivity index (χ1v) is 9.51. The zero-order chi connectivity index (χ0) is 15.4.